The van der Waals surface area contributed by atoms with Gasteiger partial charge in [-0.2, -0.15) is 0 Å². The van der Waals surface area contributed by atoms with Crippen LogP contribution in [0.2, 0.25) is 0 Å². The van der Waals surface area contributed by atoms with Crippen LogP contribution in [0.15, 0.2) is 4.42 Å². The average Bonchev–Trinajstić information content (AvgIpc) is 2.58. The summed E-state index contributed by atoms with van der Waals surface area (Å²) in [7, 11) is 1.61. The summed E-state index contributed by atoms with van der Waals surface area (Å²) < 4.78 is 5.13. The highest BCUT2D eigenvalue weighted by molar-refractivity contribution is 5.75. The van der Waals surface area contributed by atoms with Crippen LogP contribution in [0.3, 0.4) is 0 Å². The first-order chi connectivity index (χ1) is 6.72. The van der Waals surface area contributed by atoms with Crippen molar-refractivity contribution in [3.63, 3.8) is 0 Å². The minimum atomic E-state index is 0.0132. The molecule has 6 nitrogen and oxygen atoms in total. The molecule has 0 saturated heterocycles. The summed E-state index contributed by atoms with van der Waals surface area (Å²) in [6, 6.07) is 0. The Hall–Kier alpha value is -1.43. The van der Waals surface area contributed by atoms with Gasteiger partial charge in [-0.25, -0.2) is 0 Å². The lowest BCUT2D eigenvalue weighted by molar-refractivity contribution is -0.120. The van der Waals surface area contributed by atoms with Gasteiger partial charge in [0, 0.05) is 26.9 Å². The molecular weight excluding hydrogens is 184 g/mol. The molecule has 0 fully saturated rings. The van der Waals surface area contributed by atoms with Crippen molar-refractivity contribution in [2.45, 2.75) is 19.9 Å². The third kappa shape index (κ3) is 3.53. The van der Waals surface area contributed by atoms with Gasteiger partial charge in [0.05, 0.1) is 6.54 Å². The predicted molar refractivity (Wildman–Crippen MR) is 49.4 cm³/mol. The normalized spacial score (nSPS) is 10.1. The van der Waals surface area contributed by atoms with Crippen molar-refractivity contribution >= 4 is 5.91 Å². The second-order valence-electron chi connectivity index (χ2n) is 2.81. The second kappa shape index (κ2) is 5.33. The summed E-state index contributed by atoms with van der Waals surface area (Å²) in [5, 5.41) is 13.0. The summed E-state index contributed by atoms with van der Waals surface area (Å²) in [5.41, 5.74) is 0. The number of nitrogens with zero attached hydrogens (tertiary/aromatic N) is 2. The Bertz CT molecular complexity index is 297. The SMILES string of the molecule is CNC(=O)CCNCc1nnc(C)o1. The molecule has 1 aromatic rings. The summed E-state index contributed by atoms with van der Waals surface area (Å²) in [6.45, 7) is 2.83. The van der Waals surface area contributed by atoms with Crippen LogP contribution in [-0.4, -0.2) is 29.7 Å². The van der Waals surface area contributed by atoms with E-state index in [0.717, 1.165) is 0 Å². The third-order valence-corrected chi connectivity index (χ3v) is 1.65. The molecule has 0 saturated carbocycles. The molecular formula is C8H14N4O2. The van der Waals surface area contributed by atoms with Gasteiger partial charge < -0.3 is 15.1 Å². The maximum absolute atomic E-state index is 10.8. The van der Waals surface area contributed by atoms with Crippen LogP contribution < -0.4 is 10.6 Å². The average molecular weight is 198 g/mol. The van der Waals surface area contributed by atoms with E-state index in [0.29, 0.717) is 31.3 Å². The van der Waals surface area contributed by atoms with E-state index < -0.39 is 0 Å². The van der Waals surface area contributed by atoms with Crippen molar-refractivity contribution in [2.24, 2.45) is 0 Å². The minimum absolute atomic E-state index is 0.0132. The number of hydrogen-bond donors (Lipinski definition) is 2. The highest BCUT2D eigenvalue weighted by atomic mass is 16.4. The molecule has 0 unspecified atom stereocenters. The molecule has 0 aromatic carbocycles. The molecule has 0 atom stereocenters. The molecule has 1 amide bonds. The number of rotatable bonds is 5. The van der Waals surface area contributed by atoms with Crippen LogP contribution >= 0.6 is 0 Å². The number of amides is 1. The van der Waals surface area contributed by atoms with E-state index in [9.17, 15) is 4.79 Å². The molecule has 1 aromatic heterocycles. The quantitative estimate of drug-likeness (QED) is 0.629. The van der Waals surface area contributed by atoms with Crippen molar-refractivity contribution < 1.29 is 9.21 Å². The van der Waals surface area contributed by atoms with Gasteiger partial charge >= 0.3 is 0 Å². The van der Waals surface area contributed by atoms with Gasteiger partial charge in [-0.1, -0.05) is 0 Å². The van der Waals surface area contributed by atoms with Crippen LogP contribution in [0.1, 0.15) is 18.2 Å². The Kier molecular flexibility index (Phi) is 4.06. The molecule has 1 rings (SSSR count). The molecule has 0 aliphatic heterocycles. The number of carbonyl (C=O) groups excluding carboxylic acids is 1. The standard InChI is InChI=1S/C8H14N4O2/c1-6-11-12-8(14-6)5-10-4-3-7(13)9-2/h10H,3-5H2,1-2H3,(H,9,13). The van der Waals surface area contributed by atoms with Gasteiger partial charge in [0.15, 0.2) is 0 Å². The fraction of sp³-hybridized carbons (Fsp3) is 0.625. The van der Waals surface area contributed by atoms with E-state index in [-0.39, 0.29) is 5.91 Å². The predicted octanol–water partition coefficient (Wildman–Crippen LogP) is -0.396. The molecule has 0 spiro atoms. The zero-order chi connectivity index (χ0) is 10.4. The molecule has 78 valence electrons. The molecule has 0 radical (unpaired) electrons. The largest absolute Gasteiger partial charge is 0.424 e. The highest BCUT2D eigenvalue weighted by Crippen LogP contribution is 1.96. The monoisotopic (exact) mass is 198 g/mol. The van der Waals surface area contributed by atoms with Crippen molar-refractivity contribution in [3.8, 4) is 0 Å². The first-order valence-electron chi connectivity index (χ1n) is 4.42. The minimum Gasteiger partial charge on any atom is -0.424 e. The zero-order valence-electron chi connectivity index (χ0n) is 8.33. The molecule has 2 N–H and O–H groups in total. The van der Waals surface area contributed by atoms with E-state index in [4.69, 9.17) is 4.42 Å². The third-order valence-electron chi connectivity index (χ3n) is 1.65. The fourth-order valence-corrected chi connectivity index (χ4v) is 0.931. The van der Waals surface area contributed by atoms with Gasteiger partial charge in [-0.15, -0.1) is 10.2 Å². The maximum Gasteiger partial charge on any atom is 0.230 e. The van der Waals surface area contributed by atoms with Crippen LogP contribution in [-0.2, 0) is 11.3 Å². The van der Waals surface area contributed by atoms with E-state index >= 15 is 0 Å². The molecule has 1 heterocycles. The van der Waals surface area contributed by atoms with Crippen LogP contribution in [0, 0.1) is 6.92 Å². The summed E-state index contributed by atoms with van der Waals surface area (Å²) in [5.74, 6) is 1.10. The van der Waals surface area contributed by atoms with Crippen molar-refractivity contribution in [3.05, 3.63) is 11.8 Å². The number of hydrogen-bond acceptors (Lipinski definition) is 5. The lowest BCUT2D eigenvalue weighted by Gasteiger charge is -2.00. The summed E-state index contributed by atoms with van der Waals surface area (Å²) in [4.78, 5) is 10.8. The Morgan fingerprint density at radius 1 is 1.50 bits per heavy atom. The van der Waals surface area contributed by atoms with E-state index in [1.165, 1.54) is 0 Å². The number of aryl methyl sites for hydroxylation is 1. The molecule has 0 bridgehead atoms. The van der Waals surface area contributed by atoms with Crippen molar-refractivity contribution in [1.82, 2.24) is 20.8 Å². The Morgan fingerprint density at radius 3 is 2.86 bits per heavy atom. The van der Waals surface area contributed by atoms with Gasteiger partial charge in [-0.3, -0.25) is 4.79 Å². The summed E-state index contributed by atoms with van der Waals surface area (Å²) >= 11 is 0. The first-order valence-corrected chi connectivity index (χ1v) is 4.42. The number of aromatic nitrogens is 2. The van der Waals surface area contributed by atoms with Gasteiger partial charge in [-0.05, 0) is 0 Å². The first kappa shape index (κ1) is 10.6. The lowest BCUT2D eigenvalue weighted by atomic mass is 10.4. The number of carbonyl (C=O) groups is 1. The van der Waals surface area contributed by atoms with E-state index in [1.807, 2.05) is 0 Å². The van der Waals surface area contributed by atoms with Crippen molar-refractivity contribution in [2.75, 3.05) is 13.6 Å². The fourth-order valence-electron chi connectivity index (χ4n) is 0.931. The van der Waals surface area contributed by atoms with Crippen LogP contribution in [0.5, 0.6) is 0 Å². The summed E-state index contributed by atoms with van der Waals surface area (Å²) in [6.07, 6.45) is 0.448. The highest BCUT2D eigenvalue weighted by Gasteiger charge is 2.01. The topological polar surface area (TPSA) is 80.0 Å². The zero-order valence-corrected chi connectivity index (χ0v) is 8.33. The van der Waals surface area contributed by atoms with Gasteiger partial charge in [0.25, 0.3) is 0 Å². The van der Waals surface area contributed by atoms with Crippen LogP contribution in [0.4, 0.5) is 0 Å². The van der Waals surface area contributed by atoms with E-state index in [1.54, 1.807) is 14.0 Å². The molecule has 0 aliphatic rings. The Labute approximate surface area is 82.1 Å². The second-order valence-corrected chi connectivity index (χ2v) is 2.81. The van der Waals surface area contributed by atoms with Crippen molar-refractivity contribution in [1.29, 1.82) is 0 Å². The Balaban J connectivity index is 2.13. The Morgan fingerprint density at radius 2 is 2.29 bits per heavy atom. The molecule has 6 heteroatoms. The van der Waals surface area contributed by atoms with E-state index in [2.05, 4.69) is 20.8 Å². The lowest BCUT2D eigenvalue weighted by Crippen LogP contribution is -2.24. The molecule has 14 heavy (non-hydrogen) atoms. The van der Waals surface area contributed by atoms with Crippen LogP contribution in [0.25, 0.3) is 0 Å². The van der Waals surface area contributed by atoms with Gasteiger partial charge in [0.2, 0.25) is 17.7 Å². The number of nitrogens with one attached hydrogen (secondary N) is 2. The smallest absolute Gasteiger partial charge is 0.230 e. The van der Waals surface area contributed by atoms with Gasteiger partial charge in [0.1, 0.15) is 0 Å². The molecule has 0 aliphatic carbocycles. The maximum atomic E-state index is 10.8.